The van der Waals surface area contributed by atoms with Crippen LogP contribution in [0.1, 0.15) is 49.9 Å². The lowest BCUT2D eigenvalue weighted by Gasteiger charge is -2.19. The molecule has 2 aromatic carbocycles. The van der Waals surface area contributed by atoms with Crippen LogP contribution in [0.15, 0.2) is 54.6 Å². The maximum atomic E-state index is 11.3. The minimum Gasteiger partial charge on any atom is -0.463 e. The molecule has 0 heterocycles. The first-order valence-corrected chi connectivity index (χ1v) is 8.91. The van der Waals surface area contributed by atoms with Crippen molar-refractivity contribution < 1.29 is 9.53 Å². The van der Waals surface area contributed by atoms with Gasteiger partial charge in [0.2, 0.25) is 0 Å². The third kappa shape index (κ3) is 6.22. The third-order valence-electron chi connectivity index (χ3n) is 4.17. The van der Waals surface area contributed by atoms with Crippen molar-refractivity contribution in [3.8, 4) is 0 Å². The van der Waals surface area contributed by atoms with Crippen LogP contribution >= 0.6 is 0 Å². The summed E-state index contributed by atoms with van der Waals surface area (Å²) in [5.74, 6) is -0.301. The van der Waals surface area contributed by atoms with E-state index < -0.39 is 0 Å². The molecule has 0 atom stereocenters. The number of esters is 1. The quantitative estimate of drug-likeness (QED) is 0.525. The summed E-state index contributed by atoms with van der Waals surface area (Å²) in [4.78, 5) is 11.3. The van der Waals surface area contributed by atoms with Gasteiger partial charge in [-0.05, 0) is 53.5 Å². The largest absolute Gasteiger partial charge is 0.463 e. The van der Waals surface area contributed by atoms with Crippen molar-refractivity contribution in [3.63, 3.8) is 0 Å². The molecule has 0 N–H and O–H groups in total. The Bertz CT molecular complexity index is 719. The van der Waals surface area contributed by atoms with Crippen molar-refractivity contribution in [1.82, 2.24) is 0 Å². The average Bonchev–Trinajstić information content (AvgIpc) is 2.59. The first kappa shape index (κ1) is 19.0. The number of carbonyl (C=O) groups is 1. The van der Waals surface area contributed by atoms with Crippen LogP contribution < -0.4 is 0 Å². The molecule has 2 nitrogen and oxygen atoms in total. The summed E-state index contributed by atoms with van der Waals surface area (Å²) in [6.07, 6.45) is 5.29. The summed E-state index contributed by atoms with van der Waals surface area (Å²) in [5.41, 5.74) is 5.24. The summed E-state index contributed by atoms with van der Waals surface area (Å²) >= 11 is 0. The summed E-state index contributed by atoms with van der Waals surface area (Å²) in [6, 6.07) is 17.2. The van der Waals surface area contributed by atoms with E-state index in [4.69, 9.17) is 4.74 Å². The second kappa shape index (κ2) is 8.66. The fraction of sp³-hybridized carbons (Fsp3) is 0.348. The minimum absolute atomic E-state index is 0.183. The highest BCUT2D eigenvalue weighted by Crippen LogP contribution is 2.23. The average molecular weight is 336 g/mol. The van der Waals surface area contributed by atoms with Gasteiger partial charge in [0.05, 0.1) is 6.61 Å². The topological polar surface area (TPSA) is 26.3 Å². The van der Waals surface area contributed by atoms with E-state index in [-0.39, 0.29) is 11.4 Å². The second-order valence-electron chi connectivity index (χ2n) is 7.28. The predicted molar refractivity (Wildman–Crippen MR) is 105 cm³/mol. The van der Waals surface area contributed by atoms with Gasteiger partial charge in [0, 0.05) is 6.08 Å². The molecule has 2 heteroatoms. The molecule has 0 saturated carbocycles. The number of carbonyl (C=O) groups excluding carboxylic acids is 1. The number of hydrogen-bond donors (Lipinski definition) is 0. The van der Waals surface area contributed by atoms with Crippen molar-refractivity contribution in [2.45, 2.75) is 46.0 Å². The van der Waals surface area contributed by atoms with Gasteiger partial charge in [-0.25, -0.2) is 4.79 Å². The molecular weight excluding hydrogens is 308 g/mol. The maximum absolute atomic E-state index is 11.3. The van der Waals surface area contributed by atoms with Gasteiger partial charge in [-0.15, -0.1) is 0 Å². The molecule has 2 rings (SSSR count). The number of ether oxygens (including phenoxy) is 1. The van der Waals surface area contributed by atoms with Crippen LogP contribution in [-0.2, 0) is 27.8 Å². The van der Waals surface area contributed by atoms with Crippen molar-refractivity contribution in [2.75, 3.05) is 6.61 Å². The zero-order valence-electron chi connectivity index (χ0n) is 15.7. The van der Waals surface area contributed by atoms with E-state index in [1.807, 2.05) is 12.1 Å². The van der Waals surface area contributed by atoms with Crippen molar-refractivity contribution in [2.24, 2.45) is 0 Å². The summed E-state index contributed by atoms with van der Waals surface area (Å²) in [6.45, 7) is 8.94. The van der Waals surface area contributed by atoms with Crippen LogP contribution in [0.3, 0.4) is 0 Å². The molecule has 0 aliphatic carbocycles. The Labute approximate surface area is 151 Å². The molecule has 0 unspecified atom stereocenters. The number of rotatable bonds is 6. The summed E-state index contributed by atoms with van der Waals surface area (Å²) in [7, 11) is 0. The van der Waals surface area contributed by atoms with Gasteiger partial charge in [0.15, 0.2) is 0 Å². The van der Waals surface area contributed by atoms with Gasteiger partial charge in [-0.3, -0.25) is 0 Å². The highest BCUT2D eigenvalue weighted by atomic mass is 16.5. The lowest BCUT2D eigenvalue weighted by Crippen LogP contribution is -2.11. The van der Waals surface area contributed by atoms with Crippen LogP contribution in [0.4, 0.5) is 0 Å². The van der Waals surface area contributed by atoms with E-state index in [9.17, 15) is 4.79 Å². The molecule has 25 heavy (non-hydrogen) atoms. The Morgan fingerprint density at radius 2 is 1.68 bits per heavy atom. The van der Waals surface area contributed by atoms with Gasteiger partial charge in [0.1, 0.15) is 0 Å². The SMILES string of the molecule is CCOC(=O)/C=C/c1ccc(CCc2cccc(C(C)(C)C)c2)cc1. The summed E-state index contributed by atoms with van der Waals surface area (Å²) in [5, 5.41) is 0. The molecule has 0 saturated heterocycles. The van der Waals surface area contributed by atoms with E-state index in [1.165, 1.54) is 22.8 Å². The second-order valence-corrected chi connectivity index (χ2v) is 7.28. The van der Waals surface area contributed by atoms with Gasteiger partial charge in [-0.1, -0.05) is 69.3 Å². The van der Waals surface area contributed by atoms with Gasteiger partial charge in [-0.2, -0.15) is 0 Å². The van der Waals surface area contributed by atoms with Gasteiger partial charge < -0.3 is 4.74 Å². The molecule has 0 bridgehead atoms. The van der Waals surface area contributed by atoms with Crippen LogP contribution in [0.25, 0.3) is 6.08 Å². The summed E-state index contributed by atoms with van der Waals surface area (Å²) < 4.78 is 4.88. The zero-order chi connectivity index (χ0) is 18.3. The predicted octanol–water partition coefficient (Wildman–Crippen LogP) is 5.35. The fourth-order valence-electron chi connectivity index (χ4n) is 2.63. The van der Waals surface area contributed by atoms with Crippen molar-refractivity contribution in [3.05, 3.63) is 76.9 Å². The highest BCUT2D eigenvalue weighted by molar-refractivity contribution is 5.87. The molecule has 132 valence electrons. The standard InChI is InChI=1S/C23H28O2/c1-5-25-22(24)16-15-19-11-9-18(10-12-19)13-14-20-7-6-8-21(17-20)23(2,3)4/h6-12,15-17H,5,13-14H2,1-4H3/b16-15+. The molecule has 0 aromatic heterocycles. The van der Waals surface area contributed by atoms with Crippen LogP contribution in [0, 0.1) is 0 Å². The van der Waals surface area contributed by atoms with Crippen LogP contribution in [0.2, 0.25) is 0 Å². The monoisotopic (exact) mass is 336 g/mol. The van der Waals surface area contributed by atoms with Gasteiger partial charge in [0.25, 0.3) is 0 Å². The third-order valence-corrected chi connectivity index (χ3v) is 4.17. The Morgan fingerprint density at radius 3 is 2.32 bits per heavy atom. The Morgan fingerprint density at radius 1 is 1.00 bits per heavy atom. The number of hydrogen-bond acceptors (Lipinski definition) is 2. The molecular formula is C23H28O2. The van der Waals surface area contributed by atoms with E-state index in [0.717, 1.165) is 18.4 Å². The Kier molecular flexibility index (Phi) is 6.58. The first-order chi connectivity index (χ1) is 11.9. The minimum atomic E-state index is -0.301. The van der Waals surface area contributed by atoms with E-state index in [0.29, 0.717) is 6.61 Å². The first-order valence-electron chi connectivity index (χ1n) is 8.91. The molecule has 0 fully saturated rings. The smallest absolute Gasteiger partial charge is 0.330 e. The lowest BCUT2D eigenvalue weighted by molar-refractivity contribution is -0.137. The van der Waals surface area contributed by atoms with E-state index >= 15 is 0 Å². The molecule has 0 radical (unpaired) electrons. The normalized spacial score (nSPS) is 11.7. The fourth-order valence-corrected chi connectivity index (χ4v) is 2.63. The molecule has 0 aliphatic heterocycles. The van der Waals surface area contributed by atoms with E-state index in [1.54, 1.807) is 13.0 Å². The molecule has 0 amide bonds. The van der Waals surface area contributed by atoms with Crippen LogP contribution in [-0.4, -0.2) is 12.6 Å². The zero-order valence-corrected chi connectivity index (χ0v) is 15.7. The van der Waals surface area contributed by atoms with Gasteiger partial charge >= 0.3 is 5.97 Å². The van der Waals surface area contributed by atoms with E-state index in [2.05, 4.69) is 57.2 Å². The Hall–Kier alpha value is -2.35. The lowest BCUT2D eigenvalue weighted by atomic mass is 9.85. The van der Waals surface area contributed by atoms with Crippen molar-refractivity contribution >= 4 is 12.0 Å². The number of benzene rings is 2. The van der Waals surface area contributed by atoms with Crippen molar-refractivity contribution in [1.29, 1.82) is 0 Å². The highest BCUT2D eigenvalue weighted by Gasteiger charge is 2.13. The molecule has 0 spiro atoms. The Balaban J connectivity index is 1.95. The molecule has 0 aliphatic rings. The molecule has 2 aromatic rings. The van der Waals surface area contributed by atoms with Crippen LogP contribution in [0.5, 0.6) is 0 Å². The number of aryl methyl sites for hydroxylation is 2. The maximum Gasteiger partial charge on any atom is 0.330 e.